The average Bonchev–Trinajstić information content (AvgIpc) is 3.40. The van der Waals surface area contributed by atoms with Gasteiger partial charge in [0.15, 0.2) is 10.8 Å². The molecule has 0 atom stereocenters. The van der Waals surface area contributed by atoms with E-state index in [1.807, 2.05) is 23.6 Å². The quantitative estimate of drug-likeness (QED) is 0.522. The van der Waals surface area contributed by atoms with E-state index in [9.17, 15) is 9.18 Å². The lowest BCUT2D eigenvalue weighted by Gasteiger charge is -2.14. The van der Waals surface area contributed by atoms with Crippen LogP contribution < -0.4 is 5.32 Å². The van der Waals surface area contributed by atoms with Gasteiger partial charge in [-0.05, 0) is 62.1 Å². The number of hydrogen-bond acceptors (Lipinski definition) is 5. The summed E-state index contributed by atoms with van der Waals surface area (Å²) in [5.74, 6) is -0.582. The lowest BCUT2D eigenvalue weighted by atomic mass is 9.95. The van der Waals surface area contributed by atoms with Gasteiger partial charge in [-0.1, -0.05) is 6.07 Å². The number of pyridine rings is 1. The van der Waals surface area contributed by atoms with E-state index in [-0.39, 0.29) is 11.7 Å². The number of rotatable bonds is 4. The van der Waals surface area contributed by atoms with Gasteiger partial charge in [0.05, 0.1) is 11.4 Å². The third kappa shape index (κ3) is 3.50. The number of hydrogen-bond donors (Lipinski definition) is 1. The topological polar surface area (TPSA) is 72.7 Å². The highest BCUT2D eigenvalue weighted by molar-refractivity contribution is 7.14. The van der Waals surface area contributed by atoms with E-state index in [1.54, 1.807) is 23.0 Å². The molecule has 1 aromatic carbocycles. The highest BCUT2D eigenvalue weighted by Crippen LogP contribution is 2.29. The minimum absolute atomic E-state index is 0.282. The van der Waals surface area contributed by atoms with Gasteiger partial charge in [0.1, 0.15) is 11.5 Å². The van der Waals surface area contributed by atoms with Gasteiger partial charge in [-0.15, -0.1) is 11.3 Å². The number of carbonyl (C=O) groups is 1. The van der Waals surface area contributed by atoms with Crippen LogP contribution in [0.3, 0.4) is 0 Å². The molecule has 6 nitrogen and oxygen atoms in total. The number of nitrogens with one attached hydrogen (secondary N) is 1. The number of amides is 1. The Labute approximate surface area is 176 Å². The van der Waals surface area contributed by atoms with Crippen LogP contribution in [0.15, 0.2) is 54.0 Å². The van der Waals surface area contributed by atoms with Crippen molar-refractivity contribution in [2.45, 2.75) is 25.7 Å². The molecule has 1 amide bonds. The maximum absolute atomic E-state index is 13.3. The predicted molar refractivity (Wildman–Crippen MR) is 113 cm³/mol. The van der Waals surface area contributed by atoms with Crippen LogP contribution in [0, 0.1) is 5.82 Å². The molecule has 5 rings (SSSR count). The van der Waals surface area contributed by atoms with Crippen molar-refractivity contribution in [1.29, 1.82) is 0 Å². The van der Waals surface area contributed by atoms with Crippen molar-refractivity contribution in [2.75, 3.05) is 5.32 Å². The Morgan fingerprint density at radius 2 is 1.90 bits per heavy atom. The lowest BCUT2D eigenvalue weighted by Crippen LogP contribution is -2.15. The fraction of sp³-hybridized carbons (Fsp3) is 0.182. The minimum atomic E-state index is -0.301. The van der Waals surface area contributed by atoms with Crippen molar-refractivity contribution in [3.05, 3.63) is 76.8 Å². The Balaban J connectivity index is 1.45. The van der Waals surface area contributed by atoms with Gasteiger partial charge in [-0.25, -0.2) is 14.1 Å². The van der Waals surface area contributed by atoms with Crippen LogP contribution in [0.5, 0.6) is 0 Å². The van der Waals surface area contributed by atoms with Gasteiger partial charge in [0.2, 0.25) is 0 Å². The first-order valence-corrected chi connectivity index (χ1v) is 10.6. The summed E-state index contributed by atoms with van der Waals surface area (Å²) in [4.78, 5) is 21.8. The lowest BCUT2D eigenvalue weighted by molar-refractivity contribution is 0.102. The van der Waals surface area contributed by atoms with E-state index in [4.69, 9.17) is 0 Å². The molecular weight excluding hydrogens is 401 g/mol. The molecule has 3 heterocycles. The zero-order chi connectivity index (χ0) is 20.5. The Morgan fingerprint density at radius 1 is 1.07 bits per heavy atom. The molecular formula is C22H18FN5OS. The van der Waals surface area contributed by atoms with Crippen LogP contribution in [0.2, 0.25) is 0 Å². The summed E-state index contributed by atoms with van der Waals surface area (Å²) in [7, 11) is 0. The predicted octanol–water partition coefficient (Wildman–Crippen LogP) is 4.66. The van der Waals surface area contributed by atoms with E-state index in [0.29, 0.717) is 10.8 Å². The number of halogens is 1. The molecule has 0 unspecified atom stereocenters. The molecule has 4 aromatic rings. The van der Waals surface area contributed by atoms with Crippen molar-refractivity contribution in [3.63, 3.8) is 0 Å². The number of carbonyl (C=O) groups excluding carboxylic acids is 1. The standard InChI is InChI=1S/C22H18FN5OS/c23-14-8-10-15(11-9-14)28-19-7-2-1-5-16(19)20(27-28)21(29)26-22-25-18(13-30-22)17-6-3-4-12-24-17/h3-4,6,8-13H,1-2,5,7H2,(H,25,26,29). The van der Waals surface area contributed by atoms with Crippen LogP contribution in [0.25, 0.3) is 17.1 Å². The maximum atomic E-state index is 13.3. The highest BCUT2D eigenvalue weighted by Gasteiger charge is 2.26. The zero-order valence-electron chi connectivity index (χ0n) is 16.0. The fourth-order valence-electron chi connectivity index (χ4n) is 3.70. The first-order chi connectivity index (χ1) is 14.7. The summed E-state index contributed by atoms with van der Waals surface area (Å²) in [6, 6.07) is 11.8. The Kier molecular flexibility index (Phi) is 4.84. The van der Waals surface area contributed by atoms with Crippen LogP contribution in [0.1, 0.15) is 34.6 Å². The molecule has 0 saturated heterocycles. The van der Waals surface area contributed by atoms with Crippen molar-refractivity contribution in [1.82, 2.24) is 19.7 Å². The summed E-state index contributed by atoms with van der Waals surface area (Å²) < 4.78 is 15.1. The molecule has 3 aromatic heterocycles. The monoisotopic (exact) mass is 419 g/mol. The van der Waals surface area contributed by atoms with Gasteiger partial charge in [0.25, 0.3) is 5.91 Å². The molecule has 8 heteroatoms. The number of fused-ring (bicyclic) bond motifs is 1. The Hall–Kier alpha value is -3.39. The van der Waals surface area contributed by atoms with Crippen molar-refractivity contribution >= 4 is 22.4 Å². The fourth-order valence-corrected chi connectivity index (χ4v) is 4.40. The van der Waals surface area contributed by atoms with E-state index < -0.39 is 0 Å². The molecule has 150 valence electrons. The average molecular weight is 419 g/mol. The number of anilines is 1. The first-order valence-electron chi connectivity index (χ1n) is 9.74. The summed E-state index contributed by atoms with van der Waals surface area (Å²) in [5.41, 5.74) is 4.61. The van der Waals surface area contributed by atoms with Crippen LogP contribution in [-0.2, 0) is 12.8 Å². The molecule has 0 radical (unpaired) electrons. The van der Waals surface area contributed by atoms with E-state index in [0.717, 1.165) is 54.0 Å². The Bertz CT molecular complexity index is 1200. The van der Waals surface area contributed by atoms with Gasteiger partial charge in [-0.3, -0.25) is 15.1 Å². The molecule has 1 aliphatic carbocycles. The molecule has 1 N–H and O–H groups in total. The SMILES string of the molecule is O=C(Nc1nc(-c2ccccn2)cs1)c1nn(-c2ccc(F)cc2)c2c1CCCC2. The summed E-state index contributed by atoms with van der Waals surface area (Å²) in [5, 5.41) is 9.84. The van der Waals surface area contributed by atoms with E-state index in [2.05, 4.69) is 20.4 Å². The second-order valence-corrected chi connectivity index (χ2v) is 7.93. The van der Waals surface area contributed by atoms with E-state index >= 15 is 0 Å². The molecule has 0 aliphatic heterocycles. The van der Waals surface area contributed by atoms with Gasteiger partial charge >= 0.3 is 0 Å². The molecule has 0 fully saturated rings. The second kappa shape index (κ2) is 7.79. The second-order valence-electron chi connectivity index (χ2n) is 7.08. The smallest absolute Gasteiger partial charge is 0.278 e. The van der Waals surface area contributed by atoms with Gasteiger partial charge < -0.3 is 0 Å². The zero-order valence-corrected chi connectivity index (χ0v) is 16.8. The third-order valence-corrected chi connectivity index (χ3v) is 5.88. The molecule has 1 aliphatic rings. The number of thiazole rings is 1. The van der Waals surface area contributed by atoms with E-state index in [1.165, 1.54) is 23.5 Å². The third-order valence-electron chi connectivity index (χ3n) is 5.12. The number of nitrogens with zero attached hydrogens (tertiary/aromatic N) is 4. The van der Waals surface area contributed by atoms with Crippen LogP contribution in [0.4, 0.5) is 9.52 Å². The van der Waals surface area contributed by atoms with Crippen molar-refractivity contribution in [2.24, 2.45) is 0 Å². The Morgan fingerprint density at radius 3 is 2.70 bits per heavy atom. The normalized spacial score (nSPS) is 13.1. The van der Waals surface area contributed by atoms with Crippen LogP contribution >= 0.6 is 11.3 Å². The highest BCUT2D eigenvalue weighted by atomic mass is 32.1. The van der Waals surface area contributed by atoms with Gasteiger partial charge in [-0.2, -0.15) is 5.10 Å². The minimum Gasteiger partial charge on any atom is -0.296 e. The maximum Gasteiger partial charge on any atom is 0.278 e. The van der Waals surface area contributed by atoms with Gasteiger partial charge in [0, 0.05) is 22.8 Å². The molecule has 0 saturated carbocycles. The largest absolute Gasteiger partial charge is 0.296 e. The summed E-state index contributed by atoms with van der Waals surface area (Å²) >= 11 is 1.35. The van der Waals surface area contributed by atoms with Crippen molar-refractivity contribution < 1.29 is 9.18 Å². The summed E-state index contributed by atoms with van der Waals surface area (Å²) in [6.07, 6.45) is 5.41. The molecule has 0 bridgehead atoms. The molecule has 30 heavy (non-hydrogen) atoms. The van der Waals surface area contributed by atoms with Crippen LogP contribution in [-0.4, -0.2) is 25.7 Å². The molecule has 0 spiro atoms. The first kappa shape index (κ1) is 18.6. The van der Waals surface area contributed by atoms with Crippen molar-refractivity contribution in [3.8, 4) is 17.1 Å². The number of aromatic nitrogens is 4. The summed E-state index contributed by atoms with van der Waals surface area (Å²) in [6.45, 7) is 0. The number of benzene rings is 1.